The maximum Gasteiger partial charge on any atom is 0.123 e. The normalized spacial score (nSPS) is 12.8. The van der Waals surface area contributed by atoms with Gasteiger partial charge in [-0.2, -0.15) is 0 Å². The van der Waals surface area contributed by atoms with Gasteiger partial charge < -0.3 is 4.79 Å². The first-order valence-electron chi connectivity index (χ1n) is 5.81. The van der Waals surface area contributed by atoms with Gasteiger partial charge in [-0.05, 0) is 65.5 Å². The average molecular weight is 330 g/mol. The molecule has 16 heavy (non-hydrogen) atoms. The zero-order chi connectivity index (χ0) is 12.0. The van der Waals surface area contributed by atoms with E-state index in [2.05, 4.69) is 60.7 Å². The fourth-order valence-electron chi connectivity index (χ4n) is 1.85. The Balaban J connectivity index is 2.43. The Hall–Kier alpha value is -0.380. The Morgan fingerprint density at radius 3 is 2.38 bits per heavy atom. The van der Waals surface area contributed by atoms with Crippen LogP contribution in [0.25, 0.3) is 0 Å². The zero-order valence-corrected chi connectivity index (χ0v) is 12.1. The molecule has 0 aliphatic heterocycles. The van der Waals surface area contributed by atoms with E-state index in [9.17, 15) is 4.79 Å². The number of aldehydes is 1. The monoisotopic (exact) mass is 330 g/mol. The number of halogens is 1. The van der Waals surface area contributed by atoms with Crippen LogP contribution in [0.4, 0.5) is 0 Å². The van der Waals surface area contributed by atoms with Crippen LogP contribution in [-0.2, 0) is 11.2 Å². The molecule has 2 heteroatoms. The van der Waals surface area contributed by atoms with Crippen molar-refractivity contribution in [2.24, 2.45) is 11.8 Å². The third-order valence-electron chi connectivity index (χ3n) is 2.68. The van der Waals surface area contributed by atoms with E-state index >= 15 is 0 Å². The maximum atomic E-state index is 10.9. The maximum absolute atomic E-state index is 10.9. The van der Waals surface area contributed by atoms with E-state index < -0.39 is 0 Å². The Morgan fingerprint density at radius 2 is 1.88 bits per heavy atom. The molecule has 88 valence electrons. The largest absolute Gasteiger partial charge is 0.303 e. The molecule has 0 bridgehead atoms. The Bertz CT molecular complexity index is 316. The Labute approximate surface area is 112 Å². The lowest BCUT2D eigenvalue weighted by Crippen LogP contribution is -2.07. The van der Waals surface area contributed by atoms with Gasteiger partial charge in [-0.1, -0.05) is 26.0 Å². The number of hydrogen-bond acceptors (Lipinski definition) is 1. The van der Waals surface area contributed by atoms with Gasteiger partial charge in [0.25, 0.3) is 0 Å². The van der Waals surface area contributed by atoms with Crippen molar-refractivity contribution >= 4 is 28.9 Å². The smallest absolute Gasteiger partial charge is 0.123 e. The summed E-state index contributed by atoms with van der Waals surface area (Å²) in [5.41, 5.74) is 1.33. The molecule has 0 heterocycles. The zero-order valence-electron chi connectivity index (χ0n) is 9.95. The fourth-order valence-corrected chi connectivity index (χ4v) is 2.21. The molecule has 1 rings (SSSR count). The predicted octanol–water partition coefficient (Wildman–Crippen LogP) is 4.09. The predicted molar refractivity (Wildman–Crippen MR) is 76.5 cm³/mol. The summed E-state index contributed by atoms with van der Waals surface area (Å²) in [7, 11) is 0. The quantitative estimate of drug-likeness (QED) is 0.567. The number of benzene rings is 1. The molecule has 1 nitrogen and oxygen atoms in total. The molecule has 0 aromatic heterocycles. The van der Waals surface area contributed by atoms with Gasteiger partial charge in [-0.25, -0.2) is 0 Å². The van der Waals surface area contributed by atoms with Gasteiger partial charge in [0.05, 0.1) is 0 Å². The van der Waals surface area contributed by atoms with E-state index in [1.807, 2.05) is 0 Å². The molecule has 0 amide bonds. The summed E-state index contributed by atoms with van der Waals surface area (Å²) < 4.78 is 1.26. The molecular weight excluding hydrogens is 311 g/mol. The SMILES string of the molecule is CC(C)CC(C=O)CCc1ccc(I)cc1. The third kappa shape index (κ3) is 5.10. The van der Waals surface area contributed by atoms with Crippen LogP contribution in [0.2, 0.25) is 0 Å². The standard InChI is InChI=1S/C14H19IO/c1-11(2)9-13(10-16)4-3-12-5-7-14(15)8-6-12/h5-8,10-11,13H,3-4,9H2,1-2H3. The molecule has 1 unspecified atom stereocenters. The van der Waals surface area contributed by atoms with Gasteiger partial charge in [0.15, 0.2) is 0 Å². The molecule has 0 radical (unpaired) electrons. The van der Waals surface area contributed by atoms with Gasteiger partial charge in [-0.3, -0.25) is 0 Å². The Morgan fingerprint density at radius 1 is 1.25 bits per heavy atom. The van der Waals surface area contributed by atoms with Gasteiger partial charge >= 0.3 is 0 Å². The summed E-state index contributed by atoms with van der Waals surface area (Å²) in [5, 5.41) is 0. The summed E-state index contributed by atoms with van der Waals surface area (Å²) in [6.45, 7) is 4.34. The van der Waals surface area contributed by atoms with Gasteiger partial charge in [-0.15, -0.1) is 0 Å². The minimum absolute atomic E-state index is 0.222. The highest BCUT2D eigenvalue weighted by atomic mass is 127. The molecule has 0 N–H and O–H groups in total. The third-order valence-corrected chi connectivity index (χ3v) is 3.40. The fraction of sp³-hybridized carbons (Fsp3) is 0.500. The van der Waals surface area contributed by atoms with Crippen molar-refractivity contribution < 1.29 is 4.79 Å². The van der Waals surface area contributed by atoms with Crippen LogP contribution in [0.15, 0.2) is 24.3 Å². The first-order valence-corrected chi connectivity index (χ1v) is 6.89. The van der Waals surface area contributed by atoms with Crippen molar-refractivity contribution in [1.82, 2.24) is 0 Å². The summed E-state index contributed by atoms with van der Waals surface area (Å²) in [6.07, 6.45) is 4.11. The molecule has 0 saturated carbocycles. The van der Waals surface area contributed by atoms with Crippen LogP contribution in [-0.4, -0.2) is 6.29 Å². The van der Waals surface area contributed by atoms with E-state index in [0.29, 0.717) is 5.92 Å². The lowest BCUT2D eigenvalue weighted by Gasteiger charge is -2.12. The number of rotatable bonds is 6. The topological polar surface area (TPSA) is 17.1 Å². The number of carbonyl (C=O) groups excluding carboxylic acids is 1. The first kappa shape index (κ1) is 13.7. The van der Waals surface area contributed by atoms with E-state index in [1.54, 1.807) is 0 Å². The van der Waals surface area contributed by atoms with Crippen molar-refractivity contribution in [3.8, 4) is 0 Å². The van der Waals surface area contributed by atoms with E-state index in [4.69, 9.17) is 0 Å². The minimum atomic E-state index is 0.222. The summed E-state index contributed by atoms with van der Waals surface area (Å²) in [5.74, 6) is 0.825. The second kappa shape index (κ2) is 7.05. The van der Waals surface area contributed by atoms with Crippen LogP contribution in [0.1, 0.15) is 32.3 Å². The second-order valence-electron chi connectivity index (χ2n) is 4.69. The number of aryl methyl sites for hydroxylation is 1. The molecule has 0 aliphatic rings. The number of hydrogen-bond donors (Lipinski definition) is 0. The summed E-state index contributed by atoms with van der Waals surface area (Å²) >= 11 is 2.31. The molecule has 1 aromatic rings. The van der Waals surface area contributed by atoms with Crippen LogP contribution in [0.3, 0.4) is 0 Å². The number of carbonyl (C=O) groups is 1. The molecule has 0 aliphatic carbocycles. The highest BCUT2D eigenvalue weighted by molar-refractivity contribution is 14.1. The lowest BCUT2D eigenvalue weighted by atomic mass is 9.92. The molecule has 1 atom stereocenters. The minimum Gasteiger partial charge on any atom is -0.303 e. The highest BCUT2D eigenvalue weighted by Gasteiger charge is 2.09. The molecule has 1 aromatic carbocycles. The second-order valence-corrected chi connectivity index (χ2v) is 5.94. The van der Waals surface area contributed by atoms with Gasteiger partial charge in [0, 0.05) is 9.49 Å². The van der Waals surface area contributed by atoms with E-state index in [0.717, 1.165) is 25.5 Å². The van der Waals surface area contributed by atoms with Crippen molar-refractivity contribution in [3.05, 3.63) is 33.4 Å². The summed E-state index contributed by atoms with van der Waals surface area (Å²) in [4.78, 5) is 10.9. The average Bonchev–Trinajstić information content (AvgIpc) is 2.26. The highest BCUT2D eigenvalue weighted by Crippen LogP contribution is 2.17. The van der Waals surface area contributed by atoms with Crippen LogP contribution in [0, 0.1) is 15.4 Å². The van der Waals surface area contributed by atoms with Crippen molar-refractivity contribution in [2.45, 2.75) is 33.1 Å². The van der Waals surface area contributed by atoms with Crippen LogP contribution >= 0.6 is 22.6 Å². The van der Waals surface area contributed by atoms with E-state index in [-0.39, 0.29) is 5.92 Å². The Kier molecular flexibility index (Phi) is 6.03. The van der Waals surface area contributed by atoms with Crippen molar-refractivity contribution in [2.75, 3.05) is 0 Å². The van der Waals surface area contributed by atoms with E-state index in [1.165, 1.54) is 9.13 Å². The van der Waals surface area contributed by atoms with Crippen LogP contribution in [0.5, 0.6) is 0 Å². The van der Waals surface area contributed by atoms with Crippen molar-refractivity contribution in [3.63, 3.8) is 0 Å². The van der Waals surface area contributed by atoms with Crippen molar-refractivity contribution in [1.29, 1.82) is 0 Å². The van der Waals surface area contributed by atoms with Gasteiger partial charge in [0.1, 0.15) is 6.29 Å². The lowest BCUT2D eigenvalue weighted by molar-refractivity contribution is -0.111. The molecule has 0 saturated heterocycles. The van der Waals surface area contributed by atoms with Crippen LogP contribution < -0.4 is 0 Å². The molecule has 0 spiro atoms. The molecule has 0 fully saturated rings. The molecular formula is C14H19IO. The van der Waals surface area contributed by atoms with Gasteiger partial charge in [0.2, 0.25) is 0 Å². The first-order chi connectivity index (χ1) is 7.61. The summed E-state index contributed by atoms with van der Waals surface area (Å²) in [6, 6.07) is 8.54.